The molecule has 0 saturated carbocycles. The Balaban J connectivity index is 1.20. The van der Waals surface area contributed by atoms with Gasteiger partial charge in [-0.25, -0.2) is 0 Å². The Bertz CT molecular complexity index is 2950. The zero-order valence-corrected chi connectivity index (χ0v) is 31.5. The van der Waals surface area contributed by atoms with E-state index in [1.807, 2.05) is 11.3 Å². The first-order valence-corrected chi connectivity index (χ1v) is 19.9. The van der Waals surface area contributed by atoms with Gasteiger partial charge < -0.3 is 4.90 Å². The number of nitrogens with zero attached hydrogens (tertiary/aromatic N) is 1. The van der Waals surface area contributed by atoms with Crippen molar-refractivity contribution in [3.8, 4) is 55.6 Å². The van der Waals surface area contributed by atoms with E-state index in [9.17, 15) is 0 Å². The molecule has 264 valence electrons. The highest BCUT2D eigenvalue weighted by atomic mass is 32.1. The average molecular weight is 732 g/mol. The molecule has 9 aromatic carbocycles. The Kier molecular flexibility index (Phi) is 8.79. The summed E-state index contributed by atoms with van der Waals surface area (Å²) in [6.45, 7) is 0. The highest BCUT2D eigenvalue weighted by molar-refractivity contribution is 7.25. The summed E-state index contributed by atoms with van der Waals surface area (Å²) in [5.74, 6) is 0. The zero-order chi connectivity index (χ0) is 37.3. The molecule has 0 bridgehead atoms. The second kappa shape index (κ2) is 14.7. The molecule has 2 heteroatoms. The molecule has 1 heterocycles. The maximum Gasteiger partial charge on any atom is 0.0546 e. The highest BCUT2D eigenvalue weighted by Crippen LogP contribution is 2.49. The van der Waals surface area contributed by atoms with Crippen LogP contribution < -0.4 is 4.90 Å². The van der Waals surface area contributed by atoms with Crippen LogP contribution in [-0.4, -0.2) is 0 Å². The number of anilines is 3. The lowest BCUT2D eigenvalue weighted by molar-refractivity contribution is 1.29. The van der Waals surface area contributed by atoms with Crippen LogP contribution in [-0.2, 0) is 0 Å². The van der Waals surface area contributed by atoms with E-state index < -0.39 is 0 Å². The van der Waals surface area contributed by atoms with Crippen molar-refractivity contribution in [3.63, 3.8) is 0 Å². The van der Waals surface area contributed by atoms with Crippen LogP contribution in [0.4, 0.5) is 17.1 Å². The predicted molar refractivity (Wildman–Crippen MR) is 241 cm³/mol. The van der Waals surface area contributed by atoms with Crippen LogP contribution in [0.5, 0.6) is 0 Å². The van der Waals surface area contributed by atoms with E-state index in [2.05, 4.69) is 229 Å². The first kappa shape index (κ1) is 33.6. The highest BCUT2D eigenvalue weighted by Gasteiger charge is 2.23. The number of hydrogen-bond acceptors (Lipinski definition) is 2. The minimum Gasteiger partial charge on any atom is -0.310 e. The fraction of sp³-hybridized carbons (Fsp3) is 0. The Labute approximate surface area is 332 Å². The lowest BCUT2D eigenvalue weighted by atomic mass is 9.87. The van der Waals surface area contributed by atoms with Crippen LogP contribution in [0.25, 0.3) is 75.8 Å². The molecular formula is C54H37NS. The van der Waals surface area contributed by atoms with Crippen molar-refractivity contribution in [3.05, 3.63) is 224 Å². The number of hydrogen-bond donors (Lipinski definition) is 0. The van der Waals surface area contributed by atoms with Crippen LogP contribution in [0.1, 0.15) is 0 Å². The van der Waals surface area contributed by atoms with E-state index in [0.29, 0.717) is 0 Å². The van der Waals surface area contributed by atoms with Gasteiger partial charge in [-0.15, -0.1) is 11.3 Å². The second-order valence-corrected chi connectivity index (χ2v) is 15.2. The molecule has 1 nitrogen and oxygen atoms in total. The topological polar surface area (TPSA) is 3.24 Å². The maximum absolute atomic E-state index is 2.46. The van der Waals surface area contributed by atoms with Gasteiger partial charge in [0, 0.05) is 37.1 Å². The third-order valence-electron chi connectivity index (χ3n) is 10.7. The third-order valence-corrected chi connectivity index (χ3v) is 11.8. The first-order valence-electron chi connectivity index (χ1n) is 19.1. The summed E-state index contributed by atoms with van der Waals surface area (Å²) in [6.07, 6.45) is 0. The minimum atomic E-state index is 1.09. The van der Waals surface area contributed by atoms with Crippen molar-refractivity contribution in [1.82, 2.24) is 0 Å². The molecule has 0 aliphatic carbocycles. The van der Waals surface area contributed by atoms with Gasteiger partial charge in [0.15, 0.2) is 0 Å². The van der Waals surface area contributed by atoms with E-state index in [1.54, 1.807) is 0 Å². The molecule has 0 N–H and O–H groups in total. The predicted octanol–water partition coefficient (Wildman–Crippen LogP) is 15.9. The lowest BCUT2D eigenvalue weighted by Gasteiger charge is -2.30. The Hall–Kier alpha value is -7.00. The molecule has 56 heavy (non-hydrogen) atoms. The fourth-order valence-electron chi connectivity index (χ4n) is 8.03. The van der Waals surface area contributed by atoms with E-state index in [0.717, 1.165) is 17.1 Å². The molecule has 10 rings (SSSR count). The van der Waals surface area contributed by atoms with Gasteiger partial charge in [-0.3, -0.25) is 0 Å². The molecule has 10 aromatic rings. The molecule has 0 atom stereocenters. The molecule has 0 spiro atoms. The van der Waals surface area contributed by atoms with Crippen molar-refractivity contribution in [2.24, 2.45) is 0 Å². The van der Waals surface area contributed by atoms with Crippen molar-refractivity contribution in [2.45, 2.75) is 0 Å². The third kappa shape index (κ3) is 6.26. The molecule has 0 aliphatic rings. The Morgan fingerprint density at radius 1 is 0.286 bits per heavy atom. The summed E-state index contributed by atoms with van der Waals surface area (Å²) >= 11 is 1.85. The second-order valence-electron chi connectivity index (χ2n) is 14.1. The van der Waals surface area contributed by atoms with Crippen molar-refractivity contribution < 1.29 is 0 Å². The van der Waals surface area contributed by atoms with Gasteiger partial charge in [0.25, 0.3) is 0 Å². The van der Waals surface area contributed by atoms with Gasteiger partial charge in [-0.1, -0.05) is 176 Å². The van der Waals surface area contributed by atoms with Gasteiger partial charge in [0.1, 0.15) is 0 Å². The number of thiophene rings is 1. The van der Waals surface area contributed by atoms with Crippen LogP contribution >= 0.6 is 11.3 Å². The summed E-state index contributed by atoms with van der Waals surface area (Å²) in [4.78, 5) is 2.46. The average Bonchev–Trinajstić information content (AvgIpc) is 3.66. The summed E-state index contributed by atoms with van der Waals surface area (Å²) in [5.41, 5.74) is 15.3. The standard InChI is InChI=1S/C54H37NS/c1-4-16-38(17-5-1)42-22-14-23-43(36-42)39-30-32-44(33-31-39)55(45-34-35-53-50(37-45)48-25-12-13-29-52(48)56-53)51-28-15-27-47(41-20-8-3-9-21-41)54(51)49-26-11-10-24-46(49)40-18-6-2-7-19-40/h1-37H. The maximum atomic E-state index is 2.46. The lowest BCUT2D eigenvalue weighted by Crippen LogP contribution is -2.12. The molecule has 0 aliphatic heterocycles. The van der Waals surface area contributed by atoms with Gasteiger partial charge in [0.2, 0.25) is 0 Å². The molecule has 0 unspecified atom stereocenters. The van der Waals surface area contributed by atoms with Gasteiger partial charge >= 0.3 is 0 Å². The largest absolute Gasteiger partial charge is 0.310 e. The van der Waals surface area contributed by atoms with E-state index in [4.69, 9.17) is 0 Å². The van der Waals surface area contributed by atoms with Gasteiger partial charge in [-0.05, 0) is 98.6 Å². The van der Waals surface area contributed by atoms with Crippen LogP contribution in [0.2, 0.25) is 0 Å². The number of rotatable bonds is 8. The number of fused-ring (bicyclic) bond motifs is 3. The molecule has 1 aromatic heterocycles. The molecule has 0 radical (unpaired) electrons. The van der Waals surface area contributed by atoms with E-state index in [1.165, 1.54) is 75.8 Å². The first-order chi connectivity index (χ1) is 27.8. The smallest absolute Gasteiger partial charge is 0.0546 e. The molecule has 0 amide bonds. The van der Waals surface area contributed by atoms with Crippen molar-refractivity contribution in [1.29, 1.82) is 0 Å². The zero-order valence-electron chi connectivity index (χ0n) is 30.7. The quantitative estimate of drug-likeness (QED) is 0.150. The fourth-order valence-corrected chi connectivity index (χ4v) is 9.12. The van der Waals surface area contributed by atoms with Crippen LogP contribution in [0.15, 0.2) is 224 Å². The Morgan fingerprint density at radius 3 is 1.50 bits per heavy atom. The summed E-state index contributed by atoms with van der Waals surface area (Å²) in [7, 11) is 0. The van der Waals surface area contributed by atoms with E-state index in [-0.39, 0.29) is 0 Å². The van der Waals surface area contributed by atoms with Crippen molar-refractivity contribution in [2.75, 3.05) is 4.90 Å². The number of benzene rings is 9. The SMILES string of the molecule is c1ccc(-c2cccc(-c3ccc(N(c4ccc5sc6ccccc6c5c4)c4cccc(-c5ccccc5)c4-c4ccccc4-c4ccccc4)cc3)c2)cc1. The summed E-state index contributed by atoms with van der Waals surface area (Å²) < 4.78 is 2.59. The Morgan fingerprint density at radius 2 is 0.786 bits per heavy atom. The van der Waals surface area contributed by atoms with E-state index >= 15 is 0 Å². The van der Waals surface area contributed by atoms with Crippen LogP contribution in [0, 0.1) is 0 Å². The normalized spacial score (nSPS) is 11.2. The molecule has 0 fully saturated rings. The monoisotopic (exact) mass is 731 g/mol. The summed E-state index contributed by atoms with van der Waals surface area (Å²) in [5, 5.41) is 2.56. The van der Waals surface area contributed by atoms with Gasteiger partial charge in [-0.2, -0.15) is 0 Å². The minimum absolute atomic E-state index is 1.09. The summed E-state index contributed by atoms with van der Waals surface area (Å²) in [6, 6.07) is 81.4. The van der Waals surface area contributed by atoms with Gasteiger partial charge in [0.05, 0.1) is 5.69 Å². The molecular weight excluding hydrogens is 695 g/mol. The molecule has 0 saturated heterocycles. The van der Waals surface area contributed by atoms with Crippen molar-refractivity contribution >= 4 is 48.6 Å². The van der Waals surface area contributed by atoms with Crippen LogP contribution in [0.3, 0.4) is 0 Å².